The van der Waals surface area contributed by atoms with Crippen molar-refractivity contribution in [2.24, 2.45) is 0 Å². The maximum Gasteiger partial charge on any atom is 0.340 e. The maximum absolute atomic E-state index is 11.6. The Labute approximate surface area is 106 Å². The highest BCUT2D eigenvalue weighted by atomic mass is 35.5. The minimum atomic E-state index is -0.481. The molecule has 0 heterocycles. The first-order valence-electron chi connectivity index (χ1n) is 5.45. The minimum absolute atomic E-state index is 0.213. The van der Waals surface area contributed by atoms with Crippen molar-refractivity contribution in [2.75, 3.05) is 25.6 Å². The molecule has 0 aromatic heterocycles. The van der Waals surface area contributed by atoms with Crippen LogP contribution in [-0.2, 0) is 9.47 Å². The number of anilines is 1. The average Bonchev–Trinajstić information content (AvgIpc) is 2.32. The molecule has 1 aromatic carbocycles. The molecule has 1 aromatic rings. The second-order valence-electron chi connectivity index (χ2n) is 3.45. The molecule has 0 aliphatic carbocycles. The topological polar surface area (TPSA) is 61.5 Å². The van der Waals surface area contributed by atoms with Gasteiger partial charge in [0.2, 0.25) is 0 Å². The van der Waals surface area contributed by atoms with E-state index in [1.165, 1.54) is 0 Å². The van der Waals surface area contributed by atoms with Gasteiger partial charge in [0.25, 0.3) is 0 Å². The van der Waals surface area contributed by atoms with Crippen molar-refractivity contribution < 1.29 is 14.3 Å². The van der Waals surface area contributed by atoms with Gasteiger partial charge in [-0.25, -0.2) is 4.79 Å². The normalized spacial score (nSPS) is 10.2. The lowest BCUT2D eigenvalue weighted by molar-refractivity contribution is 0.0319. The smallest absolute Gasteiger partial charge is 0.340 e. The fourth-order valence-electron chi connectivity index (χ4n) is 1.23. The summed E-state index contributed by atoms with van der Waals surface area (Å²) in [6.07, 6.45) is 0.940. The highest BCUT2D eigenvalue weighted by Gasteiger charge is 2.12. The number of rotatable bonds is 6. The SMILES string of the molecule is CCCOCCOC(=O)c1cccc(Cl)c1N. The number of hydrogen-bond acceptors (Lipinski definition) is 4. The summed E-state index contributed by atoms with van der Waals surface area (Å²) < 4.78 is 10.2. The molecular formula is C12H16ClNO3. The molecule has 0 radical (unpaired) electrons. The molecule has 5 heteroatoms. The number of benzene rings is 1. The molecular weight excluding hydrogens is 242 g/mol. The van der Waals surface area contributed by atoms with Gasteiger partial charge in [-0.15, -0.1) is 0 Å². The van der Waals surface area contributed by atoms with E-state index in [2.05, 4.69) is 0 Å². The van der Waals surface area contributed by atoms with Gasteiger partial charge in [-0.05, 0) is 18.6 Å². The molecule has 0 atom stereocenters. The van der Waals surface area contributed by atoms with Crippen molar-refractivity contribution >= 4 is 23.3 Å². The zero-order chi connectivity index (χ0) is 12.7. The second-order valence-corrected chi connectivity index (χ2v) is 3.86. The van der Waals surface area contributed by atoms with Gasteiger partial charge in [-0.1, -0.05) is 24.6 Å². The largest absolute Gasteiger partial charge is 0.460 e. The third-order valence-electron chi connectivity index (χ3n) is 2.08. The van der Waals surface area contributed by atoms with Gasteiger partial charge in [-0.2, -0.15) is 0 Å². The Morgan fingerprint density at radius 1 is 1.35 bits per heavy atom. The van der Waals surface area contributed by atoms with Crippen LogP contribution in [0.2, 0.25) is 5.02 Å². The molecule has 0 aliphatic heterocycles. The number of nitrogens with two attached hydrogens (primary N) is 1. The predicted octanol–water partition coefficient (Wildman–Crippen LogP) is 2.51. The summed E-state index contributed by atoms with van der Waals surface area (Å²) in [7, 11) is 0. The number of esters is 1. The second kappa shape index (κ2) is 7.14. The van der Waals surface area contributed by atoms with Crippen molar-refractivity contribution in [1.82, 2.24) is 0 Å². The van der Waals surface area contributed by atoms with Crippen LogP contribution in [0.1, 0.15) is 23.7 Å². The van der Waals surface area contributed by atoms with Crippen molar-refractivity contribution in [3.63, 3.8) is 0 Å². The third kappa shape index (κ3) is 4.24. The third-order valence-corrected chi connectivity index (χ3v) is 2.41. The summed E-state index contributed by atoms with van der Waals surface area (Å²) in [6, 6.07) is 4.86. The van der Waals surface area contributed by atoms with Gasteiger partial charge < -0.3 is 15.2 Å². The van der Waals surface area contributed by atoms with Crippen molar-refractivity contribution in [3.8, 4) is 0 Å². The number of hydrogen-bond donors (Lipinski definition) is 1. The number of halogens is 1. The number of ether oxygens (including phenoxy) is 2. The summed E-state index contributed by atoms with van der Waals surface area (Å²) in [5, 5.41) is 0.349. The van der Waals surface area contributed by atoms with Gasteiger partial charge in [0.1, 0.15) is 6.61 Å². The standard InChI is InChI=1S/C12H16ClNO3/c1-2-6-16-7-8-17-12(15)9-4-3-5-10(13)11(9)14/h3-5H,2,6-8,14H2,1H3. The average molecular weight is 258 g/mol. The summed E-state index contributed by atoms with van der Waals surface area (Å²) in [5.74, 6) is -0.481. The van der Waals surface area contributed by atoms with Crippen LogP contribution in [0.25, 0.3) is 0 Å². The molecule has 0 bridgehead atoms. The molecule has 1 rings (SSSR count). The van der Waals surface area contributed by atoms with Crippen LogP contribution in [-0.4, -0.2) is 25.8 Å². The molecule has 0 saturated heterocycles. The van der Waals surface area contributed by atoms with Gasteiger partial charge in [0.05, 0.1) is 22.9 Å². The van der Waals surface area contributed by atoms with E-state index in [0.717, 1.165) is 6.42 Å². The summed E-state index contributed by atoms with van der Waals surface area (Å²) in [5.41, 5.74) is 6.20. The first-order chi connectivity index (χ1) is 8.16. The molecule has 0 unspecified atom stereocenters. The predicted molar refractivity (Wildman–Crippen MR) is 67.3 cm³/mol. The summed E-state index contributed by atoms with van der Waals surface area (Å²) in [4.78, 5) is 11.6. The molecule has 0 aliphatic rings. The Kier molecular flexibility index (Phi) is 5.80. The highest BCUT2D eigenvalue weighted by molar-refractivity contribution is 6.33. The van der Waals surface area contributed by atoms with E-state index in [1.54, 1.807) is 18.2 Å². The molecule has 4 nitrogen and oxygen atoms in total. The van der Waals surface area contributed by atoms with Crippen LogP contribution in [0, 0.1) is 0 Å². The van der Waals surface area contributed by atoms with Crippen LogP contribution in [0.15, 0.2) is 18.2 Å². The lowest BCUT2D eigenvalue weighted by Crippen LogP contribution is -2.12. The number of nitrogen functional groups attached to an aromatic ring is 1. The van der Waals surface area contributed by atoms with E-state index in [9.17, 15) is 4.79 Å². The van der Waals surface area contributed by atoms with E-state index in [1.807, 2.05) is 6.92 Å². The Hall–Kier alpha value is -1.26. The zero-order valence-corrected chi connectivity index (χ0v) is 10.5. The molecule has 0 amide bonds. The lowest BCUT2D eigenvalue weighted by Gasteiger charge is -2.08. The quantitative estimate of drug-likeness (QED) is 0.483. The van der Waals surface area contributed by atoms with Gasteiger partial charge >= 0.3 is 5.97 Å². The molecule has 0 fully saturated rings. The monoisotopic (exact) mass is 257 g/mol. The maximum atomic E-state index is 11.6. The van der Waals surface area contributed by atoms with Crippen molar-refractivity contribution in [3.05, 3.63) is 28.8 Å². The van der Waals surface area contributed by atoms with E-state index in [0.29, 0.717) is 18.2 Å². The van der Waals surface area contributed by atoms with Crippen LogP contribution in [0.5, 0.6) is 0 Å². The number of carbonyl (C=O) groups is 1. The van der Waals surface area contributed by atoms with Gasteiger partial charge in [0.15, 0.2) is 0 Å². The fraction of sp³-hybridized carbons (Fsp3) is 0.417. The summed E-state index contributed by atoms with van der Waals surface area (Å²) in [6.45, 7) is 3.28. The van der Waals surface area contributed by atoms with Crippen molar-refractivity contribution in [2.45, 2.75) is 13.3 Å². The van der Waals surface area contributed by atoms with Crippen LogP contribution >= 0.6 is 11.6 Å². The first kappa shape index (κ1) is 13.8. The van der Waals surface area contributed by atoms with Crippen LogP contribution in [0.4, 0.5) is 5.69 Å². The lowest BCUT2D eigenvalue weighted by atomic mass is 10.2. The van der Waals surface area contributed by atoms with Crippen molar-refractivity contribution in [1.29, 1.82) is 0 Å². The molecule has 0 saturated carbocycles. The molecule has 0 spiro atoms. The van der Waals surface area contributed by atoms with Gasteiger partial charge in [0, 0.05) is 6.61 Å². The van der Waals surface area contributed by atoms with Gasteiger partial charge in [-0.3, -0.25) is 0 Å². The Morgan fingerprint density at radius 3 is 2.82 bits per heavy atom. The Balaban J connectivity index is 2.44. The minimum Gasteiger partial charge on any atom is -0.460 e. The zero-order valence-electron chi connectivity index (χ0n) is 9.74. The van der Waals surface area contributed by atoms with Crippen LogP contribution < -0.4 is 5.73 Å². The van der Waals surface area contributed by atoms with E-state index < -0.39 is 5.97 Å². The number of para-hydroxylation sites is 1. The fourth-order valence-corrected chi connectivity index (χ4v) is 1.41. The summed E-state index contributed by atoms with van der Waals surface area (Å²) >= 11 is 5.80. The Bertz CT molecular complexity index is 382. The Morgan fingerprint density at radius 2 is 2.12 bits per heavy atom. The van der Waals surface area contributed by atoms with Crippen LogP contribution in [0.3, 0.4) is 0 Å². The van der Waals surface area contributed by atoms with E-state index in [-0.39, 0.29) is 17.9 Å². The van der Waals surface area contributed by atoms with E-state index in [4.69, 9.17) is 26.8 Å². The highest BCUT2D eigenvalue weighted by Crippen LogP contribution is 2.22. The molecule has 2 N–H and O–H groups in total. The first-order valence-corrected chi connectivity index (χ1v) is 5.83. The molecule has 94 valence electrons. The number of carbonyl (C=O) groups excluding carboxylic acids is 1. The molecule has 17 heavy (non-hydrogen) atoms. The van der Waals surface area contributed by atoms with E-state index >= 15 is 0 Å².